The molecule has 1 heterocycles. The lowest BCUT2D eigenvalue weighted by Crippen LogP contribution is -2.54. The Balaban J connectivity index is 2.16. The van der Waals surface area contributed by atoms with E-state index in [-0.39, 0.29) is 0 Å². The molecule has 3 N–H and O–H groups in total. The summed E-state index contributed by atoms with van der Waals surface area (Å²) in [6, 6.07) is 0.222. The summed E-state index contributed by atoms with van der Waals surface area (Å²) < 4.78 is 0. The molecule has 0 aromatic carbocycles. The molecule has 0 aromatic rings. The molecule has 4 nitrogen and oxygen atoms in total. The topological polar surface area (TPSA) is 58.4 Å². The standard InChI is InChI=1S/C10H21N3O/c1-7(2)13-5-9(6-13)8(3)4-12-10(11)14/h7-9H,4-6H2,1-3H3,(H3,11,12,14). The number of nitrogens with zero attached hydrogens (tertiary/aromatic N) is 1. The minimum Gasteiger partial charge on any atom is -0.352 e. The van der Waals surface area contributed by atoms with Crippen molar-refractivity contribution in [3.05, 3.63) is 0 Å². The molecule has 0 bridgehead atoms. The fourth-order valence-electron chi connectivity index (χ4n) is 1.76. The molecule has 0 saturated carbocycles. The van der Waals surface area contributed by atoms with Crippen LogP contribution in [0.3, 0.4) is 0 Å². The molecular formula is C10H21N3O. The molecule has 0 radical (unpaired) electrons. The van der Waals surface area contributed by atoms with E-state index in [4.69, 9.17) is 5.73 Å². The summed E-state index contributed by atoms with van der Waals surface area (Å²) in [5, 5.41) is 2.66. The Bertz CT molecular complexity index is 200. The van der Waals surface area contributed by atoms with Crippen molar-refractivity contribution < 1.29 is 4.79 Å². The Labute approximate surface area is 85.8 Å². The number of carbonyl (C=O) groups excluding carboxylic acids is 1. The first-order valence-corrected chi connectivity index (χ1v) is 5.28. The molecule has 0 aliphatic carbocycles. The first-order valence-electron chi connectivity index (χ1n) is 5.28. The highest BCUT2D eigenvalue weighted by Crippen LogP contribution is 2.24. The number of likely N-dealkylation sites (tertiary alicyclic amines) is 1. The maximum atomic E-state index is 10.5. The van der Waals surface area contributed by atoms with Gasteiger partial charge in [0.05, 0.1) is 0 Å². The summed E-state index contributed by atoms with van der Waals surface area (Å²) in [6.07, 6.45) is 0. The van der Waals surface area contributed by atoms with Crippen molar-refractivity contribution >= 4 is 6.03 Å². The number of nitrogens with two attached hydrogens (primary N) is 1. The molecule has 0 aromatic heterocycles. The number of carbonyl (C=O) groups is 1. The van der Waals surface area contributed by atoms with Crippen LogP contribution in [-0.2, 0) is 0 Å². The summed E-state index contributed by atoms with van der Waals surface area (Å²) >= 11 is 0. The summed E-state index contributed by atoms with van der Waals surface area (Å²) in [6.45, 7) is 9.59. The van der Waals surface area contributed by atoms with Crippen LogP contribution in [-0.4, -0.2) is 36.6 Å². The third-order valence-corrected chi connectivity index (χ3v) is 3.07. The van der Waals surface area contributed by atoms with Gasteiger partial charge in [-0.15, -0.1) is 0 Å². The van der Waals surface area contributed by atoms with E-state index in [9.17, 15) is 4.79 Å². The molecule has 1 aliphatic heterocycles. The monoisotopic (exact) mass is 199 g/mol. The van der Waals surface area contributed by atoms with E-state index >= 15 is 0 Å². The maximum Gasteiger partial charge on any atom is 0.312 e. The van der Waals surface area contributed by atoms with E-state index in [2.05, 4.69) is 31.0 Å². The van der Waals surface area contributed by atoms with Crippen LogP contribution in [0.4, 0.5) is 4.79 Å². The Morgan fingerprint density at radius 1 is 1.50 bits per heavy atom. The second-order valence-electron chi connectivity index (χ2n) is 4.53. The number of rotatable bonds is 4. The number of nitrogens with one attached hydrogen (secondary N) is 1. The fraction of sp³-hybridized carbons (Fsp3) is 0.900. The van der Waals surface area contributed by atoms with Gasteiger partial charge in [-0.3, -0.25) is 0 Å². The number of urea groups is 1. The highest BCUT2D eigenvalue weighted by molar-refractivity contribution is 5.71. The van der Waals surface area contributed by atoms with Crippen molar-refractivity contribution in [3.63, 3.8) is 0 Å². The lowest BCUT2D eigenvalue weighted by molar-refractivity contribution is 0.0368. The van der Waals surface area contributed by atoms with E-state index in [0.717, 1.165) is 13.1 Å². The number of hydrogen-bond acceptors (Lipinski definition) is 2. The van der Waals surface area contributed by atoms with Gasteiger partial charge in [-0.1, -0.05) is 6.92 Å². The van der Waals surface area contributed by atoms with Crippen LogP contribution < -0.4 is 11.1 Å². The van der Waals surface area contributed by atoms with Gasteiger partial charge in [0.15, 0.2) is 0 Å². The summed E-state index contributed by atoms with van der Waals surface area (Å²) in [5.41, 5.74) is 5.02. The molecular weight excluding hydrogens is 178 g/mol. The van der Waals surface area contributed by atoms with Crippen LogP contribution in [0.25, 0.3) is 0 Å². The molecule has 1 fully saturated rings. The number of amides is 2. The second kappa shape index (κ2) is 4.64. The van der Waals surface area contributed by atoms with Crippen molar-refractivity contribution in [1.82, 2.24) is 10.2 Å². The molecule has 14 heavy (non-hydrogen) atoms. The lowest BCUT2D eigenvalue weighted by Gasteiger charge is -2.45. The van der Waals surface area contributed by atoms with Crippen molar-refractivity contribution in [2.45, 2.75) is 26.8 Å². The van der Waals surface area contributed by atoms with E-state index in [1.165, 1.54) is 0 Å². The van der Waals surface area contributed by atoms with Gasteiger partial charge >= 0.3 is 6.03 Å². The minimum atomic E-state index is -0.420. The predicted molar refractivity (Wildman–Crippen MR) is 56.9 cm³/mol. The van der Waals surface area contributed by atoms with Crippen LogP contribution in [0.2, 0.25) is 0 Å². The van der Waals surface area contributed by atoms with Gasteiger partial charge in [-0.25, -0.2) is 4.79 Å². The maximum absolute atomic E-state index is 10.5. The van der Waals surface area contributed by atoms with Gasteiger partial charge in [-0.05, 0) is 25.7 Å². The molecule has 4 heteroatoms. The Morgan fingerprint density at radius 2 is 2.07 bits per heavy atom. The van der Waals surface area contributed by atoms with E-state index in [0.29, 0.717) is 24.4 Å². The molecule has 1 unspecified atom stereocenters. The second-order valence-corrected chi connectivity index (χ2v) is 4.53. The first-order chi connectivity index (χ1) is 6.50. The molecule has 1 rings (SSSR count). The quantitative estimate of drug-likeness (QED) is 0.697. The first kappa shape index (κ1) is 11.3. The van der Waals surface area contributed by atoms with Crippen LogP contribution in [0, 0.1) is 11.8 Å². The zero-order valence-electron chi connectivity index (χ0n) is 9.29. The lowest BCUT2D eigenvalue weighted by atomic mass is 9.86. The Hall–Kier alpha value is -0.770. The zero-order valence-corrected chi connectivity index (χ0v) is 9.29. The Morgan fingerprint density at radius 3 is 2.50 bits per heavy atom. The third kappa shape index (κ3) is 2.87. The molecule has 1 aliphatic rings. The van der Waals surface area contributed by atoms with Gasteiger partial charge in [0, 0.05) is 25.7 Å². The summed E-state index contributed by atoms with van der Waals surface area (Å²) in [5.74, 6) is 1.24. The average molecular weight is 199 g/mol. The van der Waals surface area contributed by atoms with Crippen molar-refractivity contribution in [2.24, 2.45) is 17.6 Å². The fourth-order valence-corrected chi connectivity index (χ4v) is 1.76. The highest BCUT2D eigenvalue weighted by atomic mass is 16.2. The smallest absolute Gasteiger partial charge is 0.312 e. The molecule has 1 atom stereocenters. The predicted octanol–water partition coefficient (Wildman–Crippen LogP) is 0.631. The molecule has 82 valence electrons. The minimum absolute atomic E-state index is 0.420. The van der Waals surface area contributed by atoms with Crippen molar-refractivity contribution in [3.8, 4) is 0 Å². The average Bonchev–Trinajstić information content (AvgIpc) is 1.97. The zero-order chi connectivity index (χ0) is 10.7. The number of hydrogen-bond donors (Lipinski definition) is 2. The SMILES string of the molecule is CC(CNC(N)=O)C1CN(C(C)C)C1. The molecule has 2 amide bonds. The summed E-state index contributed by atoms with van der Waals surface area (Å²) in [7, 11) is 0. The van der Waals surface area contributed by atoms with E-state index < -0.39 is 6.03 Å². The van der Waals surface area contributed by atoms with Crippen molar-refractivity contribution in [1.29, 1.82) is 0 Å². The van der Waals surface area contributed by atoms with E-state index in [1.807, 2.05) is 0 Å². The molecule has 0 spiro atoms. The number of primary amides is 1. The van der Waals surface area contributed by atoms with Crippen LogP contribution in [0.15, 0.2) is 0 Å². The highest BCUT2D eigenvalue weighted by Gasteiger charge is 2.32. The van der Waals surface area contributed by atoms with Crippen LogP contribution >= 0.6 is 0 Å². The van der Waals surface area contributed by atoms with Gasteiger partial charge in [0.25, 0.3) is 0 Å². The van der Waals surface area contributed by atoms with Gasteiger partial charge in [0.1, 0.15) is 0 Å². The summed E-state index contributed by atoms with van der Waals surface area (Å²) in [4.78, 5) is 12.9. The van der Waals surface area contributed by atoms with E-state index in [1.54, 1.807) is 0 Å². The Kier molecular flexibility index (Phi) is 3.75. The van der Waals surface area contributed by atoms with Crippen LogP contribution in [0.1, 0.15) is 20.8 Å². The van der Waals surface area contributed by atoms with Gasteiger partial charge in [-0.2, -0.15) is 0 Å². The van der Waals surface area contributed by atoms with Crippen molar-refractivity contribution in [2.75, 3.05) is 19.6 Å². The van der Waals surface area contributed by atoms with Gasteiger partial charge in [0.2, 0.25) is 0 Å². The normalized spacial score (nSPS) is 20.6. The van der Waals surface area contributed by atoms with Gasteiger partial charge < -0.3 is 16.0 Å². The third-order valence-electron chi connectivity index (χ3n) is 3.07. The van der Waals surface area contributed by atoms with Crippen LogP contribution in [0.5, 0.6) is 0 Å². The molecule has 1 saturated heterocycles. The largest absolute Gasteiger partial charge is 0.352 e.